The average Bonchev–Trinajstić information content (AvgIpc) is 2.26. The molecule has 0 aliphatic carbocycles. The van der Waals surface area contributed by atoms with Gasteiger partial charge < -0.3 is 10.0 Å². The zero-order chi connectivity index (χ0) is 9.80. The lowest BCUT2D eigenvalue weighted by atomic mass is 10.2. The molecule has 0 radical (unpaired) electrons. The normalized spacial score (nSPS) is 14.2. The zero-order valence-electron chi connectivity index (χ0n) is 8.06. The van der Waals surface area contributed by atoms with Crippen LogP contribution in [0, 0.1) is 0 Å². The summed E-state index contributed by atoms with van der Waals surface area (Å²) >= 11 is 0. The third-order valence-electron chi connectivity index (χ3n) is 2.34. The highest BCUT2D eigenvalue weighted by atomic mass is 16.3. The molecule has 0 bridgehead atoms. The maximum atomic E-state index is 8.78. The lowest BCUT2D eigenvalue weighted by Gasteiger charge is -2.26. The highest BCUT2D eigenvalue weighted by Gasteiger charge is 2.11. The van der Waals surface area contributed by atoms with E-state index < -0.39 is 0 Å². The smallest absolute Gasteiger partial charge is 0.0860 e. The number of hydrogen-bond acceptors (Lipinski definition) is 3. The molecule has 1 aliphatic heterocycles. The van der Waals surface area contributed by atoms with E-state index >= 15 is 0 Å². The number of rotatable bonds is 3. The molecule has 0 atom stereocenters. The van der Waals surface area contributed by atoms with Gasteiger partial charge in [-0.25, -0.2) is 0 Å². The summed E-state index contributed by atoms with van der Waals surface area (Å²) < 4.78 is 0. The van der Waals surface area contributed by atoms with Gasteiger partial charge in [0, 0.05) is 19.4 Å². The van der Waals surface area contributed by atoms with Gasteiger partial charge in [-0.1, -0.05) is 12.1 Å². The summed E-state index contributed by atoms with van der Waals surface area (Å²) in [5.41, 5.74) is 2.19. The maximum absolute atomic E-state index is 8.78. The third-order valence-corrected chi connectivity index (χ3v) is 2.34. The molecule has 3 nitrogen and oxygen atoms in total. The van der Waals surface area contributed by atoms with Crippen molar-refractivity contribution >= 4 is 17.6 Å². The van der Waals surface area contributed by atoms with Gasteiger partial charge in [-0.2, -0.15) is 0 Å². The van der Waals surface area contributed by atoms with Gasteiger partial charge in [0.1, 0.15) is 0 Å². The van der Waals surface area contributed by atoms with Crippen molar-refractivity contribution in [3.63, 3.8) is 0 Å². The molecule has 3 heteroatoms. The highest BCUT2D eigenvalue weighted by Crippen LogP contribution is 2.30. The molecule has 0 amide bonds. The molecule has 0 saturated heterocycles. The molecular formula is C11H14N2O. The molecule has 0 spiro atoms. The lowest BCUT2D eigenvalue weighted by molar-refractivity contribution is 0.290. The van der Waals surface area contributed by atoms with E-state index in [0.29, 0.717) is 0 Å². The monoisotopic (exact) mass is 190 g/mol. The Kier molecular flexibility index (Phi) is 2.79. The zero-order valence-corrected chi connectivity index (χ0v) is 8.06. The summed E-state index contributed by atoms with van der Waals surface area (Å²) in [5.74, 6) is 0. The third kappa shape index (κ3) is 1.77. The second-order valence-corrected chi connectivity index (χ2v) is 3.32. The van der Waals surface area contributed by atoms with E-state index in [0.717, 1.165) is 25.2 Å². The summed E-state index contributed by atoms with van der Waals surface area (Å²) in [6.07, 6.45) is 2.72. The van der Waals surface area contributed by atoms with Crippen LogP contribution in [0.5, 0.6) is 0 Å². The van der Waals surface area contributed by atoms with E-state index in [-0.39, 0.29) is 6.61 Å². The molecule has 0 aromatic heterocycles. The summed E-state index contributed by atoms with van der Waals surface area (Å²) in [6.45, 7) is 1.98. The molecule has 1 aromatic rings. The maximum Gasteiger partial charge on any atom is 0.0860 e. The fourth-order valence-corrected chi connectivity index (χ4v) is 1.65. The van der Waals surface area contributed by atoms with Crippen molar-refractivity contribution in [1.29, 1.82) is 0 Å². The van der Waals surface area contributed by atoms with E-state index in [9.17, 15) is 0 Å². The number of fused-ring (bicyclic) bond motifs is 1. The minimum absolute atomic E-state index is 0.246. The summed E-state index contributed by atoms with van der Waals surface area (Å²) in [6, 6.07) is 8.09. The van der Waals surface area contributed by atoms with Gasteiger partial charge in [0.05, 0.1) is 17.9 Å². The topological polar surface area (TPSA) is 35.8 Å². The molecule has 14 heavy (non-hydrogen) atoms. The fourth-order valence-electron chi connectivity index (χ4n) is 1.65. The van der Waals surface area contributed by atoms with Crippen molar-refractivity contribution in [2.75, 3.05) is 24.6 Å². The Bertz CT molecular complexity index is 336. The number of hydrogen-bond donors (Lipinski definition) is 1. The Morgan fingerprint density at radius 1 is 1.36 bits per heavy atom. The molecule has 0 unspecified atom stereocenters. The van der Waals surface area contributed by atoms with Crippen LogP contribution in [0.15, 0.2) is 29.3 Å². The second kappa shape index (κ2) is 4.24. The number of para-hydroxylation sites is 2. The minimum atomic E-state index is 0.246. The first kappa shape index (κ1) is 9.21. The van der Waals surface area contributed by atoms with Crippen LogP contribution in [-0.4, -0.2) is 31.0 Å². The van der Waals surface area contributed by atoms with Crippen LogP contribution in [0.1, 0.15) is 6.42 Å². The van der Waals surface area contributed by atoms with Crippen molar-refractivity contribution in [2.45, 2.75) is 6.42 Å². The molecular weight excluding hydrogens is 176 g/mol. The number of benzene rings is 1. The molecule has 0 fully saturated rings. The van der Waals surface area contributed by atoms with Crippen molar-refractivity contribution in [3.05, 3.63) is 24.3 Å². The fraction of sp³-hybridized carbons (Fsp3) is 0.364. The van der Waals surface area contributed by atoms with Gasteiger partial charge in [0.15, 0.2) is 0 Å². The quantitative estimate of drug-likeness (QED) is 0.785. The second-order valence-electron chi connectivity index (χ2n) is 3.32. The summed E-state index contributed by atoms with van der Waals surface area (Å²) in [4.78, 5) is 6.56. The van der Waals surface area contributed by atoms with Crippen molar-refractivity contribution < 1.29 is 5.11 Å². The molecule has 1 N–H and O–H groups in total. The lowest BCUT2D eigenvalue weighted by Crippen LogP contribution is -2.28. The van der Waals surface area contributed by atoms with E-state index in [1.165, 1.54) is 5.69 Å². The van der Waals surface area contributed by atoms with E-state index in [1.54, 1.807) is 0 Å². The first-order valence-electron chi connectivity index (χ1n) is 4.89. The van der Waals surface area contributed by atoms with E-state index in [4.69, 9.17) is 5.11 Å². The molecule has 1 aromatic carbocycles. The SMILES string of the molecule is OCCCN1CC=Nc2ccccc21. The highest BCUT2D eigenvalue weighted by molar-refractivity contribution is 5.81. The van der Waals surface area contributed by atoms with Gasteiger partial charge in [-0.05, 0) is 18.6 Å². The van der Waals surface area contributed by atoms with Gasteiger partial charge in [-0.3, -0.25) is 4.99 Å². The summed E-state index contributed by atoms with van der Waals surface area (Å²) in [5, 5.41) is 8.78. The van der Waals surface area contributed by atoms with Crippen LogP contribution in [0.4, 0.5) is 11.4 Å². The average molecular weight is 190 g/mol. The van der Waals surface area contributed by atoms with Crippen molar-refractivity contribution in [2.24, 2.45) is 4.99 Å². The number of aliphatic hydroxyl groups is 1. The van der Waals surface area contributed by atoms with Crippen molar-refractivity contribution in [1.82, 2.24) is 0 Å². The van der Waals surface area contributed by atoms with Gasteiger partial charge in [0.2, 0.25) is 0 Å². The predicted octanol–water partition coefficient (Wildman–Crippen LogP) is 1.59. The van der Waals surface area contributed by atoms with Crippen molar-refractivity contribution in [3.8, 4) is 0 Å². The Morgan fingerprint density at radius 2 is 2.21 bits per heavy atom. The number of aliphatic hydroxyl groups excluding tert-OH is 1. The first-order chi connectivity index (χ1) is 6.92. The molecule has 2 rings (SSSR count). The van der Waals surface area contributed by atoms with Gasteiger partial charge >= 0.3 is 0 Å². The van der Waals surface area contributed by atoms with E-state index in [1.807, 2.05) is 24.4 Å². The molecule has 1 heterocycles. The van der Waals surface area contributed by atoms with Crippen LogP contribution in [-0.2, 0) is 0 Å². The molecule has 1 aliphatic rings. The molecule has 74 valence electrons. The number of nitrogens with zero attached hydrogens (tertiary/aromatic N) is 2. The van der Waals surface area contributed by atoms with Crippen LogP contribution < -0.4 is 4.90 Å². The minimum Gasteiger partial charge on any atom is -0.396 e. The standard InChI is InChI=1S/C11H14N2O/c14-9-3-7-13-8-6-12-10-4-1-2-5-11(10)13/h1-2,4-6,14H,3,7-9H2. The summed E-state index contributed by atoms with van der Waals surface area (Å²) in [7, 11) is 0. The Balaban J connectivity index is 2.18. The van der Waals surface area contributed by atoms with Gasteiger partial charge in [0.25, 0.3) is 0 Å². The van der Waals surface area contributed by atoms with Crippen LogP contribution in [0.3, 0.4) is 0 Å². The molecule has 0 saturated carbocycles. The van der Waals surface area contributed by atoms with Gasteiger partial charge in [-0.15, -0.1) is 0 Å². The Labute approximate surface area is 83.7 Å². The first-order valence-corrected chi connectivity index (χ1v) is 4.89. The Hall–Kier alpha value is -1.35. The number of anilines is 1. The predicted molar refractivity (Wildman–Crippen MR) is 58.5 cm³/mol. The van der Waals surface area contributed by atoms with Crippen LogP contribution in [0.25, 0.3) is 0 Å². The van der Waals surface area contributed by atoms with Crippen LogP contribution >= 0.6 is 0 Å². The van der Waals surface area contributed by atoms with Crippen LogP contribution in [0.2, 0.25) is 0 Å². The largest absolute Gasteiger partial charge is 0.396 e. The van der Waals surface area contributed by atoms with E-state index in [2.05, 4.69) is 16.0 Å². The number of aliphatic imine (C=N–C) groups is 1. The Morgan fingerprint density at radius 3 is 3.07 bits per heavy atom.